The average Bonchev–Trinajstić information content (AvgIpc) is 2.85. The van der Waals surface area contributed by atoms with E-state index in [1.165, 1.54) is 12.1 Å². The van der Waals surface area contributed by atoms with Gasteiger partial charge in [0.1, 0.15) is 46.5 Å². The molecule has 37 heavy (non-hydrogen) atoms. The highest BCUT2D eigenvalue weighted by Gasteiger charge is 2.23. The zero-order chi connectivity index (χ0) is 27.1. The highest BCUT2D eigenvalue weighted by atomic mass is 16.5. The molecule has 0 aromatic heterocycles. The van der Waals surface area contributed by atoms with Crippen LogP contribution in [0.25, 0.3) is 0 Å². The Morgan fingerprint density at radius 2 is 1.54 bits per heavy atom. The molecule has 3 aromatic carbocycles. The largest absolute Gasteiger partial charge is 0.507 e. The Kier molecular flexibility index (Phi) is 9.00. The Morgan fingerprint density at radius 3 is 2.16 bits per heavy atom. The van der Waals surface area contributed by atoms with Crippen molar-refractivity contribution in [3.05, 3.63) is 75.8 Å². The lowest BCUT2D eigenvalue weighted by molar-refractivity contribution is 0.0495. The van der Waals surface area contributed by atoms with Gasteiger partial charge in [-0.2, -0.15) is 0 Å². The molecule has 0 fully saturated rings. The summed E-state index contributed by atoms with van der Waals surface area (Å²) in [4.78, 5) is 25.3. The van der Waals surface area contributed by atoms with Crippen molar-refractivity contribution in [1.82, 2.24) is 0 Å². The number of unbranched alkanes of at least 4 members (excludes halogenated alkanes) is 1. The molecular formula is C29H32O8. The summed E-state index contributed by atoms with van der Waals surface area (Å²) in [6, 6.07) is 11.7. The van der Waals surface area contributed by atoms with Crippen molar-refractivity contribution >= 4 is 11.9 Å². The van der Waals surface area contributed by atoms with Gasteiger partial charge in [-0.15, -0.1) is 0 Å². The van der Waals surface area contributed by atoms with Crippen molar-refractivity contribution in [2.45, 2.75) is 47.1 Å². The molecule has 0 saturated carbocycles. The molecule has 3 rings (SSSR count). The maximum Gasteiger partial charge on any atom is 0.347 e. The van der Waals surface area contributed by atoms with Gasteiger partial charge in [-0.25, -0.2) is 9.59 Å². The fourth-order valence-corrected chi connectivity index (χ4v) is 3.76. The first-order valence-corrected chi connectivity index (χ1v) is 12.0. The van der Waals surface area contributed by atoms with Gasteiger partial charge in [-0.3, -0.25) is 0 Å². The van der Waals surface area contributed by atoms with Crippen LogP contribution in [0, 0.1) is 20.8 Å². The minimum Gasteiger partial charge on any atom is -0.507 e. The quantitative estimate of drug-likeness (QED) is 0.201. The Hall–Kier alpha value is -4.20. The molecule has 0 radical (unpaired) electrons. The number of ether oxygens (including phenoxy) is 4. The minimum absolute atomic E-state index is 0.0177. The van der Waals surface area contributed by atoms with Crippen LogP contribution in [0.4, 0.5) is 0 Å². The van der Waals surface area contributed by atoms with Crippen molar-refractivity contribution in [2.75, 3.05) is 13.7 Å². The summed E-state index contributed by atoms with van der Waals surface area (Å²) < 4.78 is 21.7. The first-order chi connectivity index (χ1) is 17.7. The maximum absolute atomic E-state index is 13.0. The number of aromatic hydroxyl groups is 2. The van der Waals surface area contributed by atoms with E-state index in [0.29, 0.717) is 22.4 Å². The van der Waals surface area contributed by atoms with Gasteiger partial charge in [0.05, 0.1) is 13.7 Å². The van der Waals surface area contributed by atoms with Crippen LogP contribution >= 0.6 is 0 Å². The zero-order valence-corrected chi connectivity index (χ0v) is 21.7. The van der Waals surface area contributed by atoms with Crippen molar-refractivity contribution < 1.29 is 38.7 Å². The number of carbonyl (C=O) groups excluding carboxylic acids is 2. The third-order valence-corrected chi connectivity index (χ3v) is 5.90. The Morgan fingerprint density at radius 1 is 0.865 bits per heavy atom. The van der Waals surface area contributed by atoms with Crippen LogP contribution in [0.5, 0.6) is 28.7 Å². The van der Waals surface area contributed by atoms with E-state index in [2.05, 4.69) is 0 Å². The molecule has 0 aliphatic rings. The number of rotatable bonds is 10. The van der Waals surface area contributed by atoms with E-state index in [0.717, 1.165) is 24.2 Å². The van der Waals surface area contributed by atoms with Gasteiger partial charge in [0, 0.05) is 11.6 Å². The Labute approximate surface area is 216 Å². The number of carbonyl (C=O) groups is 2. The first-order valence-electron chi connectivity index (χ1n) is 12.0. The molecule has 0 saturated heterocycles. The molecule has 0 heterocycles. The predicted octanol–water partition coefficient (Wildman–Crippen LogP) is 5.79. The predicted molar refractivity (Wildman–Crippen MR) is 138 cm³/mol. The van der Waals surface area contributed by atoms with Crippen LogP contribution in [0.2, 0.25) is 0 Å². The lowest BCUT2D eigenvalue weighted by Gasteiger charge is -2.16. The monoisotopic (exact) mass is 508 g/mol. The molecule has 196 valence electrons. The van der Waals surface area contributed by atoms with E-state index in [9.17, 15) is 19.8 Å². The van der Waals surface area contributed by atoms with Crippen LogP contribution in [-0.4, -0.2) is 35.9 Å². The molecule has 3 aromatic rings. The van der Waals surface area contributed by atoms with Crippen molar-refractivity contribution in [3.8, 4) is 28.7 Å². The van der Waals surface area contributed by atoms with Gasteiger partial charge >= 0.3 is 11.9 Å². The molecule has 8 heteroatoms. The summed E-state index contributed by atoms with van der Waals surface area (Å²) in [6.07, 6.45) is 1.59. The van der Waals surface area contributed by atoms with E-state index >= 15 is 0 Å². The zero-order valence-electron chi connectivity index (χ0n) is 21.7. The van der Waals surface area contributed by atoms with Crippen molar-refractivity contribution in [2.24, 2.45) is 0 Å². The topological polar surface area (TPSA) is 112 Å². The van der Waals surface area contributed by atoms with Gasteiger partial charge in [-0.1, -0.05) is 25.5 Å². The van der Waals surface area contributed by atoms with Crippen molar-refractivity contribution in [1.29, 1.82) is 0 Å². The summed E-state index contributed by atoms with van der Waals surface area (Å²) in [7, 11) is 1.59. The third kappa shape index (κ3) is 6.52. The molecule has 0 bridgehead atoms. The van der Waals surface area contributed by atoms with Gasteiger partial charge in [0.15, 0.2) is 0 Å². The van der Waals surface area contributed by atoms with Crippen molar-refractivity contribution in [3.63, 3.8) is 0 Å². The lowest BCUT2D eigenvalue weighted by atomic mass is 10.0. The molecule has 0 amide bonds. The molecule has 2 N–H and O–H groups in total. The number of benzene rings is 3. The Balaban J connectivity index is 1.76. The van der Waals surface area contributed by atoms with Crippen LogP contribution in [0.15, 0.2) is 42.5 Å². The fraction of sp³-hybridized carbons (Fsp3) is 0.310. The van der Waals surface area contributed by atoms with Crippen LogP contribution < -0.4 is 14.2 Å². The average molecular weight is 509 g/mol. The van der Waals surface area contributed by atoms with Crippen LogP contribution in [0.1, 0.15) is 62.7 Å². The first kappa shape index (κ1) is 27.4. The molecular weight excluding hydrogens is 476 g/mol. The van der Waals surface area contributed by atoms with E-state index in [-0.39, 0.29) is 41.6 Å². The number of phenolic OH excluding ortho intramolecular Hbond substituents is 2. The third-order valence-electron chi connectivity index (χ3n) is 5.90. The van der Waals surface area contributed by atoms with Gasteiger partial charge in [0.2, 0.25) is 0 Å². The highest BCUT2D eigenvalue weighted by molar-refractivity contribution is 5.97. The number of aryl methyl sites for hydroxylation is 2. The number of methoxy groups -OCH3 is 1. The summed E-state index contributed by atoms with van der Waals surface area (Å²) >= 11 is 0. The molecule has 0 atom stereocenters. The molecule has 8 nitrogen and oxygen atoms in total. The normalized spacial score (nSPS) is 10.6. The van der Waals surface area contributed by atoms with Gasteiger partial charge < -0.3 is 29.2 Å². The highest BCUT2D eigenvalue weighted by Crippen LogP contribution is 2.35. The summed E-state index contributed by atoms with van der Waals surface area (Å²) in [5.74, 6) is -0.868. The number of hydrogen-bond donors (Lipinski definition) is 2. The van der Waals surface area contributed by atoms with E-state index in [1.807, 2.05) is 31.2 Å². The molecule has 0 spiro atoms. The summed E-state index contributed by atoms with van der Waals surface area (Å²) in [6.45, 7) is 7.40. The molecule has 0 unspecified atom stereocenters. The van der Waals surface area contributed by atoms with E-state index < -0.39 is 11.9 Å². The summed E-state index contributed by atoms with van der Waals surface area (Å²) in [5.41, 5.74) is 2.14. The van der Waals surface area contributed by atoms with Gasteiger partial charge in [0.25, 0.3) is 0 Å². The second-order valence-electron chi connectivity index (χ2n) is 8.69. The number of phenols is 2. The number of esters is 2. The minimum atomic E-state index is -0.808. The Bertz CT molecular complexity index is 1260. The van der Waals surface area contributed by atoms with Gasteiger partial charge in [-0.05, 0) is 68.1 Å². The van der Waals surface area contributed by atoms with E-state index in [1.54, 1.807) is 33.9 Å². The second kappa shape index (κ2) is 12.2. The van der Waals surface area contributed by atoms with E-state index in [4.69, 9.17) is 18.9 Å². The number of hydrogen-bond acceptors (Lipinski definition) is 8. The standard InChI is InChI=1S/C29H32O8/c1-6-7-12-35-28(32)25-17(2)13-22(15-23(25)30)37-29(33)26-18(3)14-24(19(4)27(26)31)36-16-20-8-10-21(34-5)11-9-20/h8-11,13-15,30-31H,6-7,12,16H2,1-5H3. The smallest absolute Gasteiger partial charge is 0.347 e. The maximum atomic E-state index is 13.0. The van der Waals surface area contributed by atoms with Crippen LogP contribution in [0.3, 0.4) is 0 Å². The molecule has 0 aliphatic carbocycles. The summed E-state index contributed by atoms with van der Waals surface area (Å²) in [5, 5.41) is 21.2. The lowest BCUT2D eigenvalue weighted by Crippen LogP contribution is -2.13. The van der Waals surface area contributed by atoms with Crippen LogP contribution in [-0.2, 0) is 11.3 Å². The second-order valence-corrected chi connectivity index (χ2v) is 8.69. The fourth-order valence-electron chi connectivity index (χ4n) is 3.76. The SMILES string of the molecule is CCCCOC(=O)c1c(C)cc(OC(=O)c2c(C)cc(OCc3ccc(OC)cc3)c(C)c2O)cc1O. The molecule has 0 aliphatic heterocycles.